The van der Waals surface area contributed by atoms with Crippen LogP contribution in [0.4, 0.5) is 13.2 Å². The Bertz CT molecular complexity index is 614. The molecular weight excluding hydrogens is 327 g/mol. The molecule has 5 nitrogen and oxygen atoms in total. The summed E-state index contributed by atoms with van der Waals surface area (Å²) in [6.07, 6.45) is -4.68. The molecule has 1 aromatic rings. The Morgan fingerprint density at radius 3 is 2.46 bits per heavy atom. The Morgan fingerprint density at radius 1 is 1.25 bits per heavy atom. The maximum Gasteiger partial charge on any atom is 0.416 e. The van der Waals surface area contributed by atoms with Gasteiger partial charge in [-0.3, -0.25) is 9.59 Å². The van der Waals surface area contributed by atoms with E-state index in [0.29, 0.717) is 0 Å². The first kappa shape index (κ1) is 19.7. The van der Waals surface area contributed by atoms with Crippen molar-refractivity contribution in [3.8, 4) is 0 Å². The molecule has 0 unspecified atom stereocenters. The van der Waals surface area contributed by atoms with Gasteiger partial charge in [-0.1, -0.05) is 25.1 Å². The van der Waals surface area contributed by atoms with Crippen molar-refractivity contribution in [1.82, 2.24) is 5.32 Å². The third-order valence-corrected chi connectivity index (χ3v) is 3.36. The molecule has 1 aromatic carbocycles. The number of hydrogen-bond acceptors (Lipinski definition) is 3. The van der Waals surface area contributed by atoms with Gasteiger partial charge < -0.3 is 10.4 Å². The first-order chi connectivity index (χ1) is 11.1. The van der Waals surface area contributed by atoms with Gasteiger partial charge in [0.1, 0.15) is 11.8 Å². The van der Waals surface area contributed by atoms with E-state index < -0.39 is 29.7 Å². The van der Waals surface area contributed by atoms with Crippen LogP contribution in [-0.2, 0) is 27.0 Å². The minimum atomic E-state index is -4.52. The number of hydrogen-bond donors (Lipinski definition) is 2. The van der Waals surface area contributed by atoms with Gasteiger partial charge in [0.15, 0.2) is 0 Å². The minimum absolute atomic E-state index is 0.0112. The molecule has 0 bridgehead atoms. The van der Waals surface area contributed by atoms with E-state index in [4.69, 9.17) is 5.11 Å². The molecule has 0 fully saturated rings. The van der Waals surface area contributed by atoms with Crippen LogP contribution in [0.3, 0.4) is 0 Å². The summed E-state index contributed by atoms with van der Waals surface area (Å²) in [7, 11) is 0. The number of carboxylic acids is 1. The van der Waals surface area contributed by atoms with Crippen molar-refractivity contribution in [3.05, 3.63) is 35.4 Å². The van der Waals surface area contributed by atoms with Crippen LogP contribution in [-0.4, -0.2) is 28.8 Å². The van der Waals surface area contributed by atoms with Crippen molar-refractivity contribution in [3.63, 3.8) is 0 Å². The molecular formula is C16H18F3NO4. The van der Waals surface area contributed by atoms with E-state index in [9.17, 15) is 27.6 Å². The number of amides is 1. The highest BCUT2D eigenvalue weighted by atomic mass is 19.4. The molecule has 0 aliphatic rings. The maximum atomic E-state index is 12.6. The van der Waals surface area contributed by atoms with E-state index >= 15 is 0 Å². The van der Waals surface area contributed by atoms with Gasteiger partial charge in [-0.05, 0) is 18.1 Å². The monoisotopic (exact) mass is 345 g/mol. The van der Waals surface area contributed by atoms with Crippen LogP contribution < -0.4 is 5.32 Å². The van der Waals surface area contributed by atoms with Crippen molar-refractivity contribution < 1.29 is 32.7 Å². The summed E-state index contributed by atoms with van der Waals surface area (Å²) in [5.74, 6) is -2.14. The number of alkyl halides is 3. The van der Waals surface area contributed by atoms with Gasteiger partial charge in [-0.2, -0.15) is 13.2 Å². The summed E-state index contributed by atoms with van der Waals surface area (Å²) in [4.78, 5) is 34.2. The predicted molar refractivity (Wildman–Crippen MR) is 79.2 cm³/mol. The minimum Gasteiger partial charge on any atom is -0.480 e. The molecule has 0 aromatic heterocycles. The molecule has 0 aliphatic carbocycles. The third-order valence-electron chi connectivity index (χ3n) is 3.36. The second-order valence-electron chi connectivity index (χ2n) is 5.26. The van der Waals surface area contributed by atoms with E-state index in [1.54, 1.807) is 6.92 Å². The van der Waals surface area contributed by atoms with Crippen LogP contribution in [0.1, 0.15) is 37.3 Å². The van der Waals surface area contributed by atoms with Crippen LogP contribution in [0, 0.1) is 0 Å². The van der Waals surface area contributed by atoms with Crippen molar-refractivity contribution in [2.24, 2.45) is 0 Å². The molecule has 1 atom stereocenters. The lowest BCUT2D eigenvalue weighted by Crippen LogP contribution is -2.41. The Labute approximate surface area is 136 Å². The van der Waals surface area contributed by atoms with Crippen LogP contribution in [0.25, 0.3) is 0 Å². The van der Waals surface area contributed by atoms with Crippen molar-refractivity contribution in [2.75, 3.05) is 0 Å². The molecule has 1 rings (SSSR count). The zero-order valence-electron chi connectivity index (χ0n) is 13.0. The van der Waals surface area contributed by atoms with Gasteiger partial charge in [0.05, 0.1) is 12.0 Å². The lowest BCUT2D eigenvalue weighted by atomic mass is 10.1. The van der Waals surface area contributed by atoms with Crippen molar-refractivity contribution in [2.45, 2.75) is 44.8 Å². The number of rotatable bonds is 8. The fraction of sp³-hybridized carbons (Fsp3) is 0.438. The summed E-state index contributed by atoms with van der Waals surface area (Å²) in [6.45, 7) is 1.64. The molecule has 0 aliphatic heterocycles. The van der Waals surface area contributed by atoms with E-state index in [1.165, 1.54) is 12.1 Å². The average Bonchev–Trinajstić information content (AvgIpc) is 2.50. The number of benzene rings is 1. The highest BCUT2D eigenvalue weighted by Gasteiger charge is 2.30. The predicted octanol–water partition coefficient (Wildman–Crippen LogP) is 2.58. The summed E-state index contributed by atoms with van der Waals surface area (Å²) < 4.78 is 37.9. The maximum absolute atomic E-state index is 12.6. The summed E-state index contributed by atoms with van der Waals surface area (Å²) in [5, 5.41) is 11.3. The third kappa shape index (κ3) is 6.39. The normalized spacial score (nSPS) is 12.5. The molecule has 0 saturated carbocycles. The number of carboxylic acid groups (broad SMARTS) is 1. The zero-order valence-corrected chi connectivity index (χ0v) is 13.0. The number of aliphatic carboxylic acids is 1. The Hall–Kier alpha value is -2.38. The largest absolute Gasteiger partial charge is 0.480 e. The molecule has 132 valence electrons. The highest BCUT2D eigenvalue weighted by molar-refractivity contribution is 5.85. The molecule has 2 N–H and O–H groups in total. The standard InChI is InChI=1S/C16H18F3NO4/c1-2-12(21)6-7-13(15(23)24)20-14(22)9-10-4-3-5-11(8-10)16(17,18)19/h3-5,8,13H,2,6-7,9H2,1H3,(H,20,22)(H,23,24)/t13-/m0/s1. The molecule has 8 heteroatoms. The topological polar surface area (TPSA) is 83.5 Å². The first-order valence-electron chi connectivity index (χ1n) is 7.33. The molecule has 0 saturated heterocycles. The van der Waals surface area contributed by atoms with Gasteiger partial charge in [0.25, 0.3) is 0 Å². The zero-order chi connectivity index (χ0) is 18.3. The number of nitrogens with one attached hydrogen (secondary N) is 1. The van der Waals surface area contributed by atoms with Crippen molar-refractivity contribution in [1.29, 1.82) is 0 Å². The number of halogens is 3. The first-order valence-corrected chi connectivity index (χ1v) is 7.33. The Kier molecular flexibility index (Phi) is 6.94. The Morgan fingerprint density at radius 2 is 1.92 bits per heavy atom. The van der Waals surface area contributed by atoms with Crippen molar-refractivity contribution >= 4 is 17.7 Å². The van der Waals surface area contributed by atoms with E-state index in [1.807, 2.05) is 0 Å². The smallest absolute Gasteiger partial charge is 0.416 e. The molecule has 24 heavy (non-hydrogen) atoms. The summed E-state index contributed by atoms with van der Waals surface area (Å²) >= 11 is 0. The summed E-state index contributed by atoms with van der Waals surface area (Å²) in [5.41, 5.74) is -0.757. The van der Waals surface area contributed by atoms with Crippen LogP contribution in [0.5, 0.6) is 0 Å². The number of ketones is 1. The number of carbonyl (C=O) groups excluding carboxylic acids is 2. The van der Waals surface area contributed by atoms with Gasteiger partial charge in [0.2, 0.25) is 5.91 Å². The molecule has 0 heterocycles. The molecule has 0 spiro atoms. The van der Waals surface area contributed by atoms with E-state index in [0.717, 1.165) is 12.1 Å². The fourth-order valence-corrected chi connectivity index (χ4v) is 2.03. The number of carbonyl (C=O) groups is 3. The van der Waals surface area contributed by atoms with Crippen LogP contribution in [0.15, 0.2) is 24.3 Å². The van der Waals surface area contributed by atoms with Gasteiger partial charge >= 0.3 is 12.1 Å². The van der Waals surface area contributed by atoms with E-state index in [2.05, 4.69) is 5.32 Å². The van der Waals surface area contributed by atoms with Crippen LogP contribution in [0.2, 0.25) is 0 Å². The van der Waals surface area contributed by atoms with E-state index in [-0.39, 0.29) is 37.0 Å². The lowest BCUT2D eigenvalue weighted by Gasteiger charge is -2.14. The second kappa shape index (κ2) is 8.47. The molecule has 0 radical (unpaired) electrons. The second-order valence-corrected chi connectivity index (χ2v) is 5.26. The van der Waals surface area contributed by atoms with Gasteiger partial charge in [-0.15, -0.1) is 0 Å². The van der Waals surface area contributed by atoms with Crippen LogP contribution >= 0.6 is 0 Å². The SMILES string of the molecule is CCC(=O)CC[C@H](NC(=O)Cc1cccc(C(F)(F)F)c1)C(=O)O. The Balaban J connectivity index is 2.69. The molecule has 1 amide bonds. The van der Waals surface area contributed by atoms with Gasteiger partial charge in [0, 0.05) is 12.8 Å². The average molecular weight is 345 g/mol. The summed E-state index contributed by atoms with van der Waals surface area (Å²) in [6, 6.07) is 3.01. The number of Topliss-reactive ketones (excluding diaryl/α,β-unsaturated/α-hetero) is 1. The van der Waals surface area contributed by atoms with Gasteiger partial charge in [-0.25, -0.2) is 4.79 Å². The fourth-order valence-electron chi connectivity index (χ4n) is 2.03. The quantitative estimate of drug-likeness (QED) is 0.758. The highest BCUT2D eigenvalue weighted by Crippen LogP contribution is 2.29. The lowest BCUT2D eigenvalue weighted by molar-refractivity contribution is -0.142.